The molecule has 0 unspecified atom stereocenters. The molecule has 0 atom stereocenters. The first-order chi connectivity index (χ1) is 28.3. The zero-order chi connectivity index (χ0) is 37.8. The summed E-state index contributed by atoms with van der Waals surface area (Å²) in [5.74, 6) is 0. The van der Waals surface area contributed by atoms with Crippen molar-refractivity contribution in [2.75, 3.05) is 0 Å². The van der Waals surface area contributed by atoms with Gasteiger partial charge in [0.15, 0.2) is 8.07 Å². The van der Waals surface area contributed by atoms with Crippen molar-refractivity contribution in [3.8, 4) is 22.5 Å². The van der Waals surface area contributed by atoms with Crippen LogP contribution in [0.2, 0.25) is 0 Å². The Morgan fingerprint density at radius 1 is 0.316 bits per heavy atom. The van der Waals surface area contributed by atoms with Crippen molar-refractivity contribution >= 4 is 72.4 Å². The lowest BCUT2D eigenvalue weighted by atomic mass is 10.1. The van der Waals surface area contributed by atoms with Gasteiger partial charge in [-0.25, -0.2) is 0 Å². The average molecular weight is 744 g/mol. The first-order valence-electron chi connectivity index (χ1n) is 19.5. The molecule has 0 N–H and O–H groups in total. The van der Waals surface area contributed by atoms with Gasteiger partial charge in [-0.1, -0.05) is 158 Å². The lowest BCUT2D eigenvalue weighted by Gasteiger charge is -2.34. The Balaban J connectivity index is 1.09. The standard InChI is InChI=1S/C53H37N3Si/c1-3-15-42(16-4-1)57(43-17-5-2-6-18-43,44-30-25-38(26-31-44)39-14-13-35-54-37-39)45-32-27-40(28-33-45)55-52-24-12-9-21-48(52)49-36-41(29-34-53(49)55)56-50-22-10-7-19-46(50)47-20-8-11-23-51(47)56/h1-37H. The number of hydrogen-bond acceptors (Lipinski definition) is 1. The summed E-state index contributed by atoms with van der Waals surface area (Å²) >= 11 is 0. The second-order valence-electron chi connectivity index (χ2n) is 14.8. The zero-order valence-corrected chi connectivity index (χ0v) is 32.2. The minimum atomic E-state index is -2.75. The molecule has 8 aromatic carbocycles. The molecule has 3 heterocycles. The van der Waals surface area contributed by atoms with Crippen molar-refractivity contribution in [3.63, 3.8) is 0 Å². The molecule has 3 nitrogen and oxygen atoms in total. The van der Waals surface area contributed by atoms with Gasteiger partial charge in [0.05, 0.1) is 22.1 Å². The third-order valence-electron chi connectivity index (χ3n) is 11.8. The van der Waals surface area contributed by atoms with Crippen LogP contribution in [0.3, 0.4) is 0 Å². The SMILES string of the molecule is c1ccc([Si](c2ccccc2)(c2ccc(-c3cccnc3)cc2)c2ccc(-n3c4ccccc4c4cc(-n5c6ccccc6c6ccccc65)ccc43)cc2)cc1. The molecule has 0 radical (unpaired) electrons. The molecule has 0 amide bonds. The fraction of sp³-hybridized carbons (Fsp3) is 0. The number of aromatic nitrogens is 3. The van der Waals surface area contributed by atoms with E-state index in [1.165, 1.54) is 69.9 Å². The molecule has 57 heavy (non-hydrogen) atoms. The van der Waals surface area contributed by atoms with E-state index < -0.39 is 8.07 Å². The highest BCUT2D eigenvalue weighted by molar-refractivity contribution is 7.19. The van der Waals surface area contributed by atoms with E-state index in [0.717, 1.165) is 16.9 Å². The summed E-state index contributed by atoms with van der Waals surface area (Å²) in [6.45, 7) is 0. The predicted octanol–water partition coefficient (Wildman–Crippen LogP) is 10.3. The third kappa shape index (κ3) is 5.22. The Morgan fingerprint density at radius 2 is 0.754 bits per heavy atom. The van der Waals surface area contributed by atoms with Crippen molar-refractivity contribution in [2.24, 2.45) is 0 Å². The molecular formula is C53H37N3Si. The quantitative estimate of drug-likeness (QED) is 0.118. The minimum absolute atomic E-state index is 1.12. The third-order valence-corrected chi connectivity index (χ3v) is 16.6. The van der Waals surface area contributed by atoms with Crippen molar-refractivity contribution in [1.82, 2.24) is 14.1 Å². The lowest BCUT2D eigenvalue weighted by Crippen LogP contribution is -2.74. The van der Waals surface area contributed by atoms with E-state index in [1.54, 1.807) is 0 Å². The van der Waals surface area contributed by atoms with E-state index in [1.807, 2.05) is 18.5 Å². The molecule has 4 heteroatoms. The number of hydrogen-bond donors (Lipinski definition) is 0. The summed E-state index contributed by atoms with van der Waals surface area (Å²) in [5, 5.41) is 10.4. The molecule has 0 bridgehead atoms. The van der Waals surface area contributed by atoms with Crippen LogP contribution in [0, 0.1) is 0 Å². The van der Waals surface area contributed by atoms with Gasteiger partial charge in [-0.3, -0.25) is 4.98 Å². The molecule has 0 aliphatic carbocycles. The van der Waals surface area contributed by atoms with Gasteiger partial charge in [0.2, 0.25) is 0 Å². The number of benzene rings is 8. The highest BCUT2D eigenvalue weighted by atomic mass is 28.3. The molecule has 0 aliphatic rings. The second kappa shape index (κ2) is 13.5. The molecule has 11 aromatic rings. The summed E-state index contributed by atoms with van der Waals surface area (Å²) in [5.41, 5.74) is 9.41. The molecule has 0 saturated carbocycles. The number of pyridine rings is 1. The van der Waals surface area contributed by atoms with Gasteiger partial charge in [-0.05, 0) is 86.5 Å². The maximum absolute atomic E-state index is 4.39. The van der Waals surface area contributed by atoms with Crippen LogP contribution >= 0.6 is 0 Å². The highest BCUT2D eigenvalue weighted by Crippen LogP contribution is 2.36. The average Bonchev–Trinajstić information content (AvgIpc) is 3.81. The van der Waals surface area contributed by atoms with E-state index in [9.17, 15) is 0 Å². The van der Waals surface area contributed by atoms with Gasteiger partial charge in [0.25, 0.3) is 0 Å². The number of para-hydroxylation sites is 3. The summed E-state index contributed by atoms with van der Waals surface area (Å²) in [6.07, 6.45) is 3.76. The fourth-order valence-electron chi connectivity index (χ4n) is 9.26. The normalized spacial score (nSPS) is 11.9. The Bertz CT molecular complexity index is 3110. The smallest absolute Gasteiger partial charge is 0.179 e. The molecular weight excluding hydrogens is 707 g/mol. The highest BCUT2D eigenvalue weighted by Gasteiger charge is 2.41. The molecule has 268 valence electrons. The molecule has 0 aliphatic heterocycles. The van der Waals surface area contributed by atoms with E-state index in [2.05, 4.69) is 220 Å². The first kappa shape index (κ1) is 33.1. The summed E-state index contributed by atoms with van der Waals surface area (Å²) in [6, 6.07) is 78.3. The van der Waals surface area contributed by atoms with Crippen molar-refractivity contribution in [3.05, 3.63) is 225 Å². The second-order valence-corrected chi connectivity index (χ2v) is 18.6. The Morgan fingerprint density at radius 3 is 1.30 bits per heavy atom. The van der Waals surface area contributed by atoms with E-state index in [-0.39, 0.29) is 0 Å². The van der Waals surface area contributed by atoms with Crippen LogP contribution in [0.1, 0.15) is 0 Å². The van der Waals surface area contributed by atoms with Crippen molar-refractivity contribution < 1.29 is 0 Å². The van der Waals surface area contributed by atoms with E-state index in [4.69, 9.17) is 0 Å². The largest absolute Gasteiger partial charge is 0.309 e. The summed E-state index contributed by atoms with van der Waals surface area (Å²) < 4.78 is 4.84. The number of rotatable bonds is 7. The van der Waals surface area contributed by atoms with Gasteiger partial charge in [-0.2, -0.15) is 0 Å². The molecule has 0 saturated heterocycles. The fourth-order valence-corrected chi connectivity index (χ4v) is 14.0. The van der Waals surface area contributed by atoms with Crippen LogP contribution in [0.5, 0.6) is 0 Å². The van der Waals surface area contributed by atoms with Crippen molar-refractivity contribution in [1.29, 1.82) is 0 Å². The van der Waals surface area contributed by atoms with Crippen LogP contribution in [0.25, 0.3) is 66.1 Å². The number of nitrogens with zero attached hydrogens (tertiary/aromatic N) is 3. The first-order valence-corrected chi connectivity index (χ1v) is 21.5. The van der Waals surface area contributed by atoms with Gasteiger partial charge in [0.1, 0.15) is 0 Å². The Labute approximate surface area is 332 Å². The molecule has 11 rings (SSSR count). The topological polar surface area (TPSA) is 22.8 Å². The number of fused-ring (bicyclic) bond motifs is 6. The molecule has 0 spiro atoms. The predicted molar refractivity (Wildman–Crippen MR) is 242 cm³/mol. The van der Waals surface area contributed by atoms with E-state index >= 15 is 0 Å². The summed E-state index contributed by atoms with van der Waals surface area (Å²) in [7, 11) is -2.75. The zero-order valence-electron chi connectivity index (χ0n) is 31.2. The molecule has 3 aromatic heterocycles. The molecule has 0 fully saturated rings. The maximum Gasteiger partial charge on any atom is 0.179 e. The summed E-state index contributed by atoms with van der Waals surface area (Å²) in [4.78, 5) is 4.39. The van der Waals surface area contributed by atoms with Crippen molar-refractivity contribution in [2.45, 2.75) is 0 Å². The van der Waals surface area contributed by atoms with Crippen LogP contribution in [0.4, 0.5) is 0 Å². The Kier molecular flexibility index (Phi) is 7.83. The van der Waals surface area contributed by atoms with Gasteiger partial charge >= 0.3 is 0 Å². The lowest BCUT2D eigenvalue weighted by molar-refractivity contribution is 1.17. The maximum atomic E-state index is 4.39. The van der Waals surface area contributed by atoms with Crippen LogP contribution in [-0.2, 0) is 0 Å². The van der Waals surface area contributed by atoms with Gasteiger partial charge in [-0.15, -0.1) is 0 Å². The Hall–Kier alpha value is -7.27. The van der Waals surface area contributed by atoms with E-state index in [0.29, 0.717) is 0 Å². The van der Waals surface area contributed by atoms with Gasteiger partial charge < -0.3 is 9.13 Å². The van der Waals surface area contributed by atoms with Crippen LogP contribution in [0.15, 0.2) is 225 Å². The van der Waals surface area contributed by atoms with Gasteiger partial charge in [0, 0.05) is 45.3 Å². The monoisotopic (exact) mass is 743 g/mol. The van der Waals surface area contributed by atoms with Crippen LogP contribution < -0.4 is 20.7 Å². The van der Waals surface area contributed by atoms with Crippen LogP contribution in [-0.4, -0.2) is 22.2 Å². The minimum Gasteiger partial charge on any atom is -0.309 e.